The summed E-state index contributed by atoms with van der Waals surface area (Å²) < 4.78 is 5.21. The van der Waals surface area contributed by atoms with Gasteiger partial charge in [-0.1, -0.05) is 0 Å². The molecule has 1 aliphatic heterocycles. The van der Waals surface area contributed by atoms with E-state index < -0.39 is 0 Å². The lowest BCUT2D eigenvalue weighted by Crippen LogP contribution is -2.58. The first-order valence-corrected chi connectivity index (χ1v) is 6.82. The summed E-state index contributed by atoms with van der Waals surface area (Å²) in [6.45, 7) is 11.5. The van der Waals surface area contributed by atoms with Crippen LogP contribution in [0.25, 0.3) is 0 Å². The summed E-state index contributed by atoms with van der Waals surface area (Å²) in [5.74, 6) is 0.202. The van der Waals surface area contributed by atoms with Crippen molar-refractivity contribution in [2.45, 2.75) is 32.7 Å². The van der Waals surface area contributed by atoms with Crippen molar-refractivity contribution in [2.75, 3.05) is 45.9 Å². The molecule has 1 saturated heterocycles. The van der Waals surface area contributed by atoms with Crippen molar-refractivity contribution in [2.24, 2.45) is 5.73 Å². The highest BCUT2D eigenvalue weighted by molar-refractivity contribution is 5.76. The van der Waals surface area contributed by atoms with Crippen molar-refractivity contribution in [1.29, 1.82) is 0 Å². The Kier molecular flexibility index (Phi) is 6.05. The number of rotatable bonds is 6. The number of amides is 1. The van der Waals surface area contributed by atoms with E-state index in [2.05, 4.69) is 18.7 Å². The van der Waals surface area contributed by atoms with Crippen LogP contribution in [-0.4, -0.2) is 67.2 Å². The molecule has 0 aromatic rings. The van der Waals surface area contributed by atoms with Gasteiger partial charge in [-0.2, -0.15) is 0 Å². The van der Waals surface area contributed by atoms with Crippen LogP contribution in [0.1, 0.15) is 27.2 Å². The van der Waals surface area contributed by atoms with E-state index in [4.69, 9.17) is 10.5 Å². The smallest absolute Gasteiger partial charge is 0.224 e. The van der Waals surface area contributed by atoms with Gasteiger partial charge in [-0.3, -0.25) is 9.69 Å². The summed E-state index contributed by atoms with van der Waals surface area (Å²) in [5, 5.41) is 0. The van der Waals surface area contributed by atoms with Crippen LogP contribution in [0.5, 0.6) is 0 Å². The molecule has 0 bridgehead atoms. The minimum absolute atomic E-state index is 0.0282. The Labute approximate surface area is 110 Å². The number of piperazine rings is 1. The molecule has 2 N–H and O–H groups in total. The van der Waals surface area contributed by atoms with E-state index in [9.17, 15) is 4.79 Å². The molecule has 0 aromatic heterocycles. The molecular formula is C13H27N3O2. The van der Waals surface area contributed by atoms with E-state index in [1.54, 1.807) is 0 Å². The largest absolute Gasteiger partial charge is 0.381 e. The number of hydrogen-bond donors (Lipinski definition) is 1. The van der Waals surface area contributed by atoms with Crippen LogP contribution in [0.2, 0.25) is 0 Å². The fourth-order valence-electron chi connectivity index (χ4n) is 2.15. The average Bonchev–Trinajstić information content (AvgIpc) is 2.39. The predicted octanol–water partition coefficient (Wildman–Crippen LogP) is 0.295. The Hall–Kier alpha value is -0.650. The van der Waals surface area contributed by atoms with Crippen LogP contribution in [0.4, 0.5) is 0 Å². The van der Waals surface area contributed by atoms with Crippen molar-refractivity contribution in [1.82, 2.24) is 9.80 Å². The highest BCUT2D eigenvalue weighted by Crippen LogP contribution is 2.15. The second-order valence-electron chi connectivity index (χ2n) is 5.33. The molecule has 5 heteroatoms. The van der Waals surface area contributed by atoms with E-state index in [1.807, 2.05) is 11.8 Å². The summed E-state index contributed by atoms with van der Waals surface area (Å²) in [7, 11) is 0. The Balaban J connectivity index is 2.32. The molecule has 0 aliphatic carbocycles. The zero-order chi connectivity index (χ0) is 13.6. The van der Waals surface area contributed by atoms with Gasteiger partial charge in [0.1, 0.15) is 0 Å². The lowest BCUT2D eigenvalue weighted by atomic mass is 10.0. The average molecular weight is 257 g/mol. The molecule has 1 fully saturated rings. The molecular weight excluding hydrogens is 230 g/mol. The SMILES string of the molecule is CCOCCC(=O)N1CCN(C(C)(C)CN)CC1. The normalized spacial score (nSPS) is 18.1. The number of nitrogens with two attached hydrogens (primary N) is 1. The number of carbonyl (C=O) groups excluding carboxylic acids is 1. The predicted molar refractivity (Wildman–Crippen MR) is 72.4 cm³/mol. The molecule has 1 aliphatic rings. The molecule has 0 spiro atoms. The monoisotopic (exact) mass is 257 g/mol. The zero-order valence-corrected chi connectivity index (χ0v) is 11.9. The summed E-state index contributed by atoms with van der Waals surface area (Å²) in [4.78, 5) is 16.2. The summed E-state index contributed by atoms with van der Waals surface area (Å²) >= 11 is 0. The van der Waals surface area contributed by atoms with Crippen molar-refractivity contribution in [3.63, 3.8) is 0 Å². The topological polar surface area (TPSA) is 58.8 Å². The van der Waals surface area contributed by atoms with Crippen molar-refractivity contribution in [3.05, 3.63) is 0 Å². The van der Waals surface area contributed by atoms with E-state index in [1.165, 1.54) is 0 Å². The molecule has 0 atom stereocenters. The molecule has 0 radical (unpaired) electrons. The summed E-state index contributed by atoms with van der Waals surface area (Å²) in [6, 6.07) is 0. The van der Waals surface area contributed by atoms with Gasteiger partial charge in [-0.15, -0.1) is 0 Å². The molecule has 0 saturated carbocycles. The Morgan fingerprint density at radius 3 is 2.39 bits per heavy atom. The van der Waals surface area contributed by atoms with Gasteiger partial charge in [0, 0.05) is 44.9 Å². The standard InChI is InChI=1S/C13H27N3O2/c1-4-18-10-5-12(17)15-6-8-16(9-7-15)13(2,3)11-14/h4-11,14H2,1-3H3. The maximum atomic E-state index is 11.9. The summed E-state index contributed by atoms with van der Waals surface area (Å²) in [5.41, 5.74) is 5.80. The summed E-state index contributed by atoms with van der Waals surface area (Å²) in [6.07, 6.45) is 0.494. The highest BCUT2D eigenvalue weighted by Gasteiger charge is 2.29. The third-order valence-electron chi connectivity index (χ3n) is 3.65. The van der Waals surface area contributed by atoms with Crippen molar-refractivity contribution < 1.29 is 9.53 Å². The van der Waals surface area contributed by atoms with E-state index >= 15 is 0 Å². The third kappa shape index (κ3) is 4.23. The van der Waals surface area contributed by atoms with Gasteiger partial charge in [0.05, 0.1) is 13.0 Å². The minimum atomic E-state index is 0.0282. The van der Waals surface area contributed by atoms with Gasteiger partial charge in [0.15, 0.2) is 0 Å². The van der Waals surface area contributed by atoms with Gasteiger partial charge < -0.3 is 15.4 Å². The van der Waals surface area contributed by atoms with Crippen LogP contribution in [0, 0.1) is 0 Å². The third-order valence-corrected chi connectivity index (χ3v) is 3.65. The fourth-order valence-corrected chi connectivity index (χ4v) is 2.15. The van der Waals surface area contributed by atoms with Crippen molar-refractivity contribution >= 4 is 5.91 Å². The first kappa shape index (κ1) is 15.4. The molecule has 18 heavy (non-hydrogen) atoms. The van der Waals surface area contributed by atoms with Gasteiger partial charge in [0.25, 0.3) is 0 Å². The fraction of sp³-hybridized carbons (Fsp3) is 0.923. The van der Waals surface area contributed by atoms with E-state index in [-0.39, 0.29) is 11.4 Å². The minimum Gasteiger partial charge on any atom is -0.381 e. The maximum Gasteiger partial charge on any atom is 0.224 e. The van der Waals surface area contributed by atoms with Gasteiger partial charge in [-0.05, 0) is 20.8 Å². The second kappa shape index (κ2) is 7.07. The van der Waals surface area contributed by atoms with E-state index in [0.717, 1.165) is 26.2 Å². The quantitative estimate of drug-likeness (QED) is 0.695. The number of carbonyl (C=O) groups is 1. The lowest BCUT2D eigenvalue weighted by molar-refractivity contribution is -0.134. The number of hydrogen-bond acceptors (Lipinski definition) is 4. The Bertz CT molecular complexity index is 261. The highest BCUT2D eigenvalue weighted by atomic mass is 16.5. The van der Waals surface area contributed by atoms with Crippen molar-refractivity contribution in [3.8, 4) is 0 Å². The second-order valence-corrected chi connectivity index (χ2v) is 5.33. The zero-order valence-electron chi connectivity index (χ0n) is 11.9. The van der Waals surface area contributed by atoms with Gasteiger partial charge in [0.2, 0.25) is 5.91 Å². The van der Waals surface area contributed by atoms with Gasteiger partial charge >= 0.3 is 0 Å². The molecule has 1 heterocycles. The molecule has 1 amide bonds. The first-order valence-electron chi connectivity index (χ1n) is 6.82. The number of ether oxygens (including phenoxy) is 1. The lowest BCUT2D eigenvalue weighted by Gasteiger charge is -2.43. The molecule has 0 unspecified atom stereocenters. The Morgan fingerprint density at radius 2 is 1.89 bits per heavy atom. The molecule has 0 aromatic carbocycles. The Morgan fingerprint density at radius 1 is 1.28 bits per heavy atom. The van der Waals surface area contributed by atoms with Crippen LogP contribution < -0.4 is 5.73 Å². The van der Waals surface area contributed by atoms with Crippen LogP contribution >= 0.6 is 0 Å². The van der Waals surface area contributed by atoms with Crippen LogP contribution in [0.3, 0.4) is 0 Å². The van der Waals surface area contributed by atoms with Gasteiger partial charge in [-0.25, -0.2) is 0 Å². The van der Waals surface area contributed by atoms with Crippen LogP contribution in [-0.2, 0) is 9.53 Å². The molecule has 106 valence electrons. The van der Waals surface area contributed by atoms with E-state index in [0.29, 0.717) is 26.2 Å². The number of nitrogens with zero attached hydrogens (tertiary/aromatic N) is 2. The maximum absolute atomic E-state index is 11.9. The molecule has 5 nitrogen and oxygen atoms in total. The van der Waals surface area contributed by atoms with Crippen LogP contribution in [0.15, 0.2) is 0 Å². The molecule has 1 rings (SSSR count). The first-order chi connectivity index (χ1) is 8.51.